The van der Waals surface area contributed by atoms with Crippen LogP contribution in [0.4, 0.5) is 0 Å². The van der Waals surface area contributed by atoms with Crippen LogP contribution in [0.1, 0.15) is 51.6 Å². The number of hydrogen-bond acceptors (Lipinski definition) is 5. The van der Waals surface area contributed by atoms with Gasteiger partial charge in [0.15, 0.2) is 0 Å². The minimum Gasteiger partial charge on any atom is -0.466 e. The van der Waals surface area contributed by atoms with Gasteiger partial charge < -0.3 is 9.30 Å². The van der Waals surface area contributed by atoms with E-state index in [4.69, 9.17) is 9.72 Å². The number of aryl methyl sites for hydroxylation is 1. The molecule has 3 rings (SSSR count). The molecule has 0 saturated carbocycles. The smallest absolute Gasteiger partial charge is 0.305 e. The van der Waals surface area contributed by atoms with Crippen molar-refractivity contribution in [3.63, 3.8) is 0 Å². The molecule has 3 aromatic rings. The van der Waals surface area contributed by atoms with Gasteiger partial charge in [0.25, 0.3) is 0 Å². The Bertz CT molecular complexity index is 888. The number of nitrogens with zero attached hydrogens (tertiary/aromatic N) is 4. The van der Waals surface area contributed by atoms with E-state index >= 15 is 0 Å². The Labute approximate surface area is 147 Å². The highest BCUT2D eigenvalue weighted by Crippen LogP contribution is 2.29. The lowest BCUT2D eigenvalue weighted by molar-refractivity contribution is -0.143. The largest absolute Gasteiger partial charge is 0.466 e. The van der Waals surface area contributed by atoms with Crippen LogP contribution in [0.3, 0.4) is 0 Å². The van der Waals surface area contributed by atoms with E-state index in [0.29, 0.717) is 31.9 Å². The van der Waals surface area contributed by atoms with Crippen molar-refractivity contribution < 1.29 is 9.53 Å². The summed E-state index contributed by atoms with van der Waals surface area (Å²) in [6.07, 6.45) is 5.73. The Kier molecular flexibility index (Phi) is 5.26. The monoisotopic (exact) mass is 340 g/mol. The van der Waals surface area contributed by atoms with E-state index in [9.17, 15) is 4.79 Å². The van der Waals surface area contributed by atoms with Crippen molar-refractivity contribution >= 4 is 28.0 Å². The average molecular weight is 340 g/mol. The van der Waals surface area contributed by atoms with Crippen molar-refractivity contribution in [1.82, 2.24) is 19.5 Å². The Hall–Kier alpha value is -2.50. The van der Waals surface area contributed by atoms with Gasteiger partial charge in [-0.05, 0) is 31.9 Å². The summed E-state index contributed by atoms with van der Waals surface area (Å²) in [4.78, 5) is 25.5. The maximum absolute atomic E-state index is 11.6. The maximum atomic E-state index is 11.6. The van der Waals surface area contributed by atoms with E-state index in [2.05, 4.69) is 28.4 Å². The molecular weight excluding hydrogens is 316 g/mol. The molecule has 0 spiro atoms. The second-order valence-electron chi connectivity index (χ2n) is 6.22. The SMILES string of the molecule is CCOC(=O)CCCn1cnc2c(C(C)CC)nc3cccnc3c21. The molecule has 6 heteroatoms. The molecule has 1 atom stereocenters. The number of rotatable bonds is 7. The summed E-state index contributed by atoms with van der Waals surface area (Å²) in [5.41, 5.74) is 4.68. The van der Waals surface area contributed by atoms with Crippen LogP contribution in [0.25, 0.3) is 22.1 Å². The number of fused-ring (bicyclic) bond motifs is 3. The zero-order chi connectivity index (χ0) is 17.8. The fraction of sp³-hybridized carbons (Fsp3) is 0.474. The molecule has 0 aliphatic rings. The number of esters is 1. The predicted molar refractivity (Wildman–Crippen MR) is 97.4 cm³/mol. The molecule has 0 aliphatic heterocycles. The molecule has 0 radical (unpaired) electrons. The third-order valence-corrected chi connectivity index (χ3v) is 4.50. The van der Waals surface area contributed by atoms with Crippen LogP contribution in [0.15, 0.2) is 24.7 Å². The van der Waals surface area contributed by atoms with Crippen LogP contribution in [-0.2, 0) is 16.1 Å². The quantitative estimate of drug-likeness (QED) is 0.611. The first-order chi connectivity index (χ1) is 12.2. The topological polar surface area (TPSA) is 69.9 Å². The molecule has 0 N–H and O–H groups in total. The van der Waals surface area contributed by atoms with Gasteiger partial charge >= 0.3 is 5.97 Å². The van der Waals surface area contributed by atoms with Crippen LogP contribution in [-0.4, -0.2) is 32.1 Å². The van der Waals surface area contributed by atoms with Gasteiger partial charge in [-0.1, -0.05) is 13.8 Å². The Morgan fingerprint density at radius 1 is 1.28 bits per heavy atom. The van der Waals surface area contributed by atoms with Crippen LogP contribution in [0, 0.1) is 0 Å². The highest BCUT2D eigenvalue weighted by atomic mass is 16.5. The molecule has 6 nitrogen and oxygen atoms in total. The van der Waals surface area contributed by atoms with Crippen LogP contribution in [0.5, 0.6) is 0 Å². The molecule has 132 valence electrons. The zero-order valence-electron chi connectivity index (χ0n) is 15.0. The molecule has 0 aromatic carbocycles. The van der Waals surface area contributed by atoms with E-state index in [1.54, 1.807) is 6.20 Å². The Morgan fingerprint density at radius 2 is 2.12 bits per heavy atom. The Balaban J connectivity index is 2.00. The van der Waals surface area contributed by atoms with Crippen molar-refractivity contribution in [2.75, 3.05) is 6.61 Å². The zero-order valence-corrected chi connectivity index (χ0v) is 15.0. The number of ether oxygens (including phenoxy) is 1. The third-order valence-electron chi connectivity index (χ3n) is 4.50. The van der Waals surface area contributed by atoms with Gasteiger partial charge in [0.05, 0.1) is 29.7 Å². The summed E-state index contributed by atoms with van der Waals surface area (Å²) in [5.74, 6) is 0.173. The lowest BCUT2D eigenvalue weighted by Gasteiger charge is -2.12. The molecule has 0 fully saturated rings. The third kappa shape index (κ3) is 3.48. The van der Waals surface area contributed by atoms with Crippen molar-refractivity contribution in [1.29, 1.82) is 0 Å². The fourth-order valence-electron chi connectivity index (χ4n) is 3.00. The Morgan fingerprint density at radius 3 is 2.88 bits per heavy atom. The van der Waals surface area contributed by atoms with Crippen molar-refractivity contribution in [2.24, 2.45) is 0 Å². The van der Waals surface area contributed by atoms with Crippen molar-refractivity contribution in [3.05, 3.63) is 30.4 Å². The van der Waals surface area contributed by atoms with E-state index in [-0.39, 0.29) is 5.97 Å². The molecule has 3 heterocycles. The normalized spacial score (nSPS) is 12.6. The lowest BCUT2D eigenvalue weighted by atomic mass is 10.0. The van der Waals surface area contributed by atoms with E-state index in [1.807, 2.05) is 25.4 Å². The standard InChI is InChI=1S/C19H24N4O2/c1-4-13(3)16-18-19(17-14(22-16)8-6-10-20-17)23(12-21-18)11-7-9-15(24)25-5-2/h6,8,10,12-13H,4-5,7,9,11H2,1-3H3. The minimum absolute atomic E-state index is 0.156. The van der Waals surface area contributed by atoms with Gasteiger partial charge in [-0.2, -0.15) is 0 Å². The summed E-state index contributed by atoms with van der Waals surface area (Å²) in [6, 6.07) is 3.90. The first-order valence-electron chi connectivity index (χ1n) is 8.90. The summed E-state index contributed by atoms with van der Waals surface area (Å²) in [6.45, 7) is 7.27. The van der Waals surface area contributed by atoms with E-state index in [0.717, 1.165) is 34.2 Å². The summed E-state index contributed by atoms with van der Waals surface area (Å²) >= 11 is 0. The van der Waals surface area contributed by atoms with Gasteiger partial charge in [0.1, 0.15) is 11.0 Å². The number of aromatic nitrogens is 4. The van der Waals surface area contributed by atoms with Crippen LogP contribution in [0.2, 0.25) is 0 Å². The number of pyridine rings is 2. The van der Waals surface area contributed by atoms with Crippen molar-refractivity contribution in [2.45, 2.75) is 52.5 Å². The second kappa shape index (κ2) is 7.59. The van der Waals surface area contributed by atoms with Gasteiger partial charge in [-0.25, -0.2) is 9.97 Å². The van der Waals surface area contributed by atoms with Gasteiger partial charge in [0.2, 0.25) is 0 Å². The highest BCUT2D eigenvalue weighted by Gasteiger charge is 2.18. The average Bonchev–Trinajstić information content (AvgIpc) is 3.05. The van der Waals surface area contributed by atoms with Gasteiger partial charge in [0, 0.05) is 25.1 Å². The second-order valence-corrected chi connectivity index (χ2v) is 6.22. The molecular formula is C19H24N4O2. The number of carbonyl (C=O) groups excluding carboxylic acids is 1. The summed E-state index contributed by atoms with van der Waals surface area (Å²) in [5, 5.41) is 0. The molecule has 3 aromatic heterocycles. The molecule has 0 amide bonds. The highest BCUT2D eigenvalue weighted by molar-refractivity contribution is 6.00. The van der Waals surface area contributed by atoms with Crippen LogP contribution < -0.4 is 0 Å². The molecule has 1 unspecified atom stereocenters. The minimum atomic E-state index is -0.156. The van der Waals surface area contributed by atoms with E-state index in [1.165, 1.54) is 0 Å². The van der Waals surface area contributed by atoms with Gasteiger partial charge in [-0.3, -0.25) is 9.78 Å². The maximum Gasteiger partial charge on any atom is 0.305 e. The number of hydrogen-bond donors (Lipinski definition) is 0. The molecule has 0 aliphatic carbocycles. The van der Waals surface area contributed by atoms with Gasteiger partial charge in [-0.15, -0.1) is 0 Å². The number of carbonyl (C=O) groups is 1. The lowest BCUT2D eigenvalue weighted by Crippen LogP contribution is -2.06. The number of imidazole rings is 1. The first kappa shape index (κ1) is 17.3. The molecule has 0 saturated heterocycles. The van der Waals surface area contributed by atoms with Crippen LogP contribution >= 0.6 is 0 Å². The summed E-state index contributed by atoms with van der Waals surface area (Å²) in [7, 11) is 0. The van der Waals surface area contributed by atoms with Crippen molar-refractivity contribution in [3.8, 4) is 0 Å². The predicted octanol–water partition coefficient (Wildman–Crippen LogP) is 3.84. The molecule has 25 heavy (non-hydrogen) atoms. The fourth-order valence-corrected chi connectivity index (χ4v) is 3.00. The van der Waals surface area contributed by atoms with E-state index < -0.39 is 0 Å². The first-order valence-corrected chi connectivity index (χ1v) is 8.90. The molecule has 0 bridgehead atoms. The summed E-state index contributed by atoms with van der Waals surface area (Å²) < 4.78 is 7.08.